The van der Waals surface area contributed by atoms with Crippen molar-refractivity contribution in [2.75, 3.05) is 50.2 Å². The molecule has 2 aromatic carbocycles. The first kappa shape index (κ1) is 31.9. The summed E-state index contributed by atoms with van der Waals surface area (Å²) in [6, 6.07) is 12.2. The standard InChI is InChI=1S/C31H45N5O5/c1-21-18-36(22(2)20-37)31(40)17-23-16-24(14-15-27(23)41-28(21)19-35(3)4)33-29(38)12-6-5-7-13-30(39)34-26-11-9-8-10-25(26)32/h8-11,14-16,21-22,28,37H,5-7,12-13,17-20,32H2,1-4H3,(H,33,38)(H,34,39)/t21-,22-,28-/m1/s1. The third-order valence-electron chi connectivity index (χ3n) is 7.29. The SMILES string of the molecule is C[C@@H]1CN([C@H](C)CO)C(=O)Cc2cc(NC(=O)CCCCCC(=O)Nc3ccccc3N)ccc2O[C@@H]1CN(C)C. The van der Waals surface area contributed by atoms with Crippen LogP contribution < -0.4 is 21.1 Å². The first-order chi connectivity index (χ1) is 19.6. The summed E-state index contributed by atoms with van der Waals surface area (Å²) >= 11 is 0. The van der Waals surface area contributed by atoms with E-state index in [1.165, 1.54) is 0 Å². The van der Waals surface area contributed by atoms with Gasteiger partial charge in [0.1, 0.15) is 11.9 Å². The number of nitrogens with one attached hydrogen (secondary N) is 2. The smallest absolute Gasteiger partial charge is 0.227 e. The van der Waals surface area contributed by atoms with E-state index in [2.05, 4.69) is 22.5 Å². The highest BCUT2D eigenvalue weighted by molar-refractivity contribution is 5.93. The van der Waals surface area contributed by atoms with Gasteiger partial charge >= 0.3 is 0 Å². The van der Waals surface area contributed by atoms with Crippen molar-refractivity contribution < 1.29 is 24.2 Å². The minimum atomic E-state index is -0.308. The van der Waals surface area contributed by atoms with Gasteiger partial charge in [-0.3, -0.25) is 14.4 Å². The minimum Gasteiger partial charge on any atom is -0.488 e. The van der Waals surface area contributed by atoms with Crippen LogP contribution in [0.2, 0.25) is 0 Å². The number of anilines is 3. The van der Waals surface area contributed by atoms with Gasteiger partial charge in [0.25, 0.3) is 0 Å². The zero-order chi connectivity index (χ0) is 29.9. The van der Waals surface area contributed by atoms with E-state index in [-0.39, 0.29) is 48.8 Å². The molecule has 1 aliphatic rings. The molecule has 0 aliphatic carbocycles. The molecular weight excluding hydrogens is 522 g/mol. The predicted octanol–water partition coefficient (Wildman–Crippen LogP) is 3.51. The predicted molar refractivity (Wildman–Crippen MR) is 162 cm³/mol. The maximum Gasteiger partial charge on any atom is 0.227 e. The molecule has 0 spiro atoms. The molecule has 224 valence electrons. The van der Waals surface area contributed by atoms with E-state index in [1.807, 2.05) is 39.2 Å². The molecule has 3 atom stereocenters. The largest absolute Gasteiger partial charge is 0.488 e. The van der Waals surface area contributed by atoms with Crippen molar-refractivity contribution in [2.24, 2.45) is 5.92 Å². The van der Waals surface area contributed by atoms with Crippen molar-refractivity contribution in [1.29, 1.82) is 0 Å². The summed E-state index contributed by atoms with van der Waals surface area (Å²) in [4.78, 5) is 41.9. The van der Waals surface area contributed by atoms with Crippen LogP contribution in [0.5, 0.6) is 5.75 Å². The fourth-order valence-electron chi connectivity index (χ4n) is 4.88. The average molecular weight is 568 g/mol. The summed E-state index contributed by atoms with van der Waals surface area (Å²) in [5, 5.41) is 15.5. The lowest BCUT2D eigenvalue weighted by atomic mass is 10.0. The van der Waals surface area contributed by atoms with E-state index in [0.717, 1.165) is 6.42 Å². The van der Waals surface area contributed by atoms with Gasteiger partial charge in [0.15, 0.2) is 0 Å². The molecule has 3 rings (SSSR count). The molecule has 0 fully saturated rings. The lowest BCUT2D eigenvalue weighted by Gasteiger charge is -2.33. The van der Waals surface area contributed by atoms with Crippen molar-refractivity contribution in [3.8, 4) is 5.75 Å². The van der Waals surface area contributed by atoms with Crippen LogP contribution in [0.25, 0.3) is 0 Å². The van der Waals surface area contributed by atoms with Crippen LogP contribution in [0.4, 0.5) is 17.1 Å². The number of para-hydroxylation sites is 2. The number of hydrogen-bond acceptors (Lipinski definition) is 7. The normalized spacial score (nSPS) is 18.0. The summed E-state index contributed by atoms with van der Waals surface area (Å²) in [5.41, 5.74) is 8.30. The number of unbranched alkanes of at least 4 members (excludes halogenated alkanes) is 2. The maximum absolute atomic E-state index is 13.3. The van der Waals surface area contributed by atoms with Crippen molar-refractivity contribution in [3.05, 3.63) is 48.0 Å². The number of amides is 3. The zero-order valence-electron chi connectivity index (χ0n) is 24.7. The molecule has 0 unspecified atom stereocenters. The third kappa shape index (κ3) is 9.75. The van der Waals surface area contributed by atoms with E-state index in [0.29, 0.717) is 67.1 Å². The third-order valence-corrected chi connectivity index (χ3v) is 7.29. The number of carbonyl (C=O) groups excluding carboxylic acids is 3. The van der Waals surface area contributed by atoms with Crippen molar-refractivity contribution in [1.82, 2.24) is 9.80 Å². The Morgan fingerprint density at radius 2 is 1.78 bits per heavy atom. The molecule has 1 aliphatic heterocycles. The minimum absolute atomic E-state index is 0.0447. The lowest BCUT2D eigenvalue weighted by molar-refractivity contribution is -0.134. The van der Waals surface area contributed by atoms with Crippen molar-refractivity contribution in [3.63, 3.8) is 0 Å². The van der Waals surface area contributed by atoms with Crippen LogP contribution in [-0.4, -0.2) is 78.6 Å². The van der Waals surface area contributed by atoms with Crippen LogP contribution in [0.1, 0.15) is 51.5 Å². The second kappa shape index (κ2) is 15.4. The number of hydrogen-bond donors (Lipinski definition) is 4. The van der Waals surface area contributed by atoms with Crippen molar-refractivity contribution >= 4 is 34.8 Å². The number of aliphatic hydroxyl groups excluding tert-OH is 1. The highest BCUT2D eigenvalue weighted by Gasteiger charge is 2.30. The first-order valence-electron chi connectivity index (χ1n) is 14.4. The number of likely N-dealkylation sites (N-methyl/N-ethyl adjacent to an activating group) is 1. The van der Waals surface area contributed by atoms with Crippen LogP contribution >= 0.6 is 0 Å². The number of aliphatic hydroxyl groups is 1. The molecule has 10 nitrogen and oxygen atoms in total. The summed E-state index contributed by atoms with van der Waals surface area (Å²) in [5.74, 6) is 0.356. The Hall–Kier alpha value is -3.63. The van der Waals surface area contributed by atoms with Gasteiger partial charge in [-0.05, 0) is 64.2 Å². The van der Waals surface area contributed by atoms with Crippen LogP contribution in [0.3, 0.4) is 0 Å². The Morgan fingerprint density at radius 1 is 1.10 bits per heavy atom. The van der Waals surface area contributed by atoms with Gasteiger partial charge in [-0.15, -0.1) is 0 Å². The highest BCUT2D eigenvalue weighted by Crippen LogP contribution is 2.29. The van der Waals surface area contributed by atoms with E-state index in [9.17, 15) is 19.5 Å². The second-order valence-electron chi connectivity index (χ2n) is 11.2. The number of rotatable bonds is 12. The van der Waals surface area contributed by atoms with Gasteiger partial charge in [-0.1, -0.05) is 25.5 Å². The Bertz CT molecular complexity index is 1190. The molecule has 0 bridgehead atoms. The second-order valence-corrected chi connectivity index (χ2v) is 11.2. The van der Waals surface area contributed by atoms with Gasteiger partial charge in [-0.25, -0.2) is 0 Å². The van der Waals surface area contributed by atoms with Gasteiger partial charge in [0, 0.05) is 43.1 Å². The Balaban J connectivity index is 1.56. The fraction of sp³-hybridized carbons (Fsp3) is 0.516. The summed E-state index contributed by atoms with van der Waals surface area (Å²) < 4.78 is 6.43. The molecule has 3 amide bonds. The molecule has 0 saturated heterocycles. The van der Waals surface area contributed by atoms with E-state index in [4.69, 9.17) is 10.5 Å². The molecule has 2 aromatic rings. The zero-order valence-corrected chi connectivity index (χ0v) is 24.7. The number of nitrogens with zero attached hydrogens (tertiary/aromatic N) is 2. The molecule has 0 aromatic heterocycles. The molecular formula is C31H45N5O5. The molecule has 0 radical (unpaired) electrons. The van der Waals surface area contributed by atoms with Crippen molar-refractivity contribution in [2.45, 2.75) is 64.5 Å². The van der Waals surface area contributed by atoms with Gasteiger partial charge in [-0.2, -0.15) is 0 Å². The lowest BCUT2D eigenvalue weighted by Crippen LogP contribution is -2.47. The number of nitrogens with two attached hydrogens (primary N) is 1. The Kier molecular flexibility index (Phi) is 12.0. The fourth-order valence-corrected chi connectivity index (χ4v) is 4.88. The first-order valence-corrected chi connectivity index (χ1v) is 14.4. The molecule has 10 heteroatoms. The number of carbonyl (C=O) groups is 3. The number of ether oxygens (including phenoxy) is 1. The van der Waals surface area contributed by atoms with Crippen LogP contribution in [0, 0.1) is 5.92 Å². The maximum atomic E-state index is 13.3. The van der Waals surface area contributed by atoms with E-state index < -0.39 is 0 Å². The van der Waals surface area contributed by atoms with E-state index in [1.54, 1.807) is 29.2 Å². The summed E-state index contributed by atoms with van der Waals surface area (Å²) in [6.45, 7) is 4.94. The monoisotopic (exact) mass is 567 g/mol. The van der Waals surface area contributed by atoms with Crippen LogP contribution in [0.15, 0.2) is 42.5 Å². The quantitative estimate of drug-likeness (QED) is 0.228. The summed E-state index contributed by atoms with van der Waals surface area (Å²) in [7, 11) is 3.97. The average Bonchev–Trinajstić information content (AvgIpc) is 2.96. The highest BCUT2D eigenvalue weighted by atomic mass is 16.5. The van der Waals surface area contributed by atoms with Gasteiger partial charge < -0.3 is 36.0 Å². The Labute approximate surface area is 243 Å². The molecule has 1 heterocycles. The number of benzene rings is 2. The Morgan fingerprint density at radius 3 is 2.44 bits per heavy atom. The van der Waals surface area contributed by atoms with Crippen LogP contribution in [-0.2, 0) is 20.8 Å². The van der Waals surface area contributed by atoms with Gasteiger partial charge in [0.05, 0.1) is 30.4 Å². The topological polar surface area (TPSA) is 137 Å². The molecule has 41 heavy (non-hydrogen) atoms. The summed E-state index contributed by atoms with van der Waals surface area (Å²) in [6.07, 6.45) is 2.69. The number of fused-ring (bicyclic) bond motifs is 1. The number of nitrogen functional groups attached to an aromatic ring is 1. The van der Waals surface area contributed by atoms with Gasteiger partial charge in [0.2, 0.25) is 17.7 Å². The van der Waals surface area contributed by atoms with E-state index >= 15 is 0 Å². The molecule has 0 saturated carbocycles. The molecule has 5 N–H and O–H groups in total.